The van der Waals surface area contributed by atoms with E-state index in [2.05, 4.69) is 9.89 Å². The van der Waals surface area contributed by atoms with Gasteiger partial charge in [-0.05, 0) is 36.8 Å². The lowest BCUT2D eigenvalue weighted by atomic mass is 9.93. The Labute approximate surface area is 234 Å². The first-order chi connectivity index (χ1) is 19.6. The van der Waals surface area contributed by atoms with Crippen molar-refractivity contribution in [2.75, 3.05) is 45.3 Å². The maximum absolute atomic E-state index is 15.1. The smallest absolute Gasteiger partial charge is 0.395 e. The molecule has 1 N–H and O–H groups in total. The minimum Gasteiger partial charge on any atom is -0.497 e. The molecule has 2 aliphatic heterocycles. The number of guanidine groups is 1. The van der Waals surface area contributed by atoms with Crippen LogP contribution in [0.4, 0.5) is 28.9 Å². The zero-order chi connectivity index (χ0) is 29.3. The number of hydrogen-bond acceptors (Lipinski definition) is 7. The van der Waals surface area contributed by atoms with Gasteiger partial charge in [0.2, 0.25) is 5.96 Å². The van der Waals surface area contributed by atoms with Gasteiger partial charge in [-0.15, -0.1) is 0 Å². The molecule has 1 saturated heterocycles. The van der Waals surface area contributed by atoms with Gasteiger partial charge in [-0.3, -0.25) is 4.79 Å². The van der Waals surface area contributed by atoms with Gasteiger partial charge in [0.05, 0.1) is 38.3 Å². The number of carboxylic acids is 1. The number of allylic oxidation sites excluding steroid dienone is 2. The summed E-state index contributed by atoms with van der Waals surface area (Å²) in [5, 5.41) is 9.85. The Kier molecular flexibility index (Phi) is 7.83. The number of anilines is 1. The quantitative estimate of drug-likeness (QED) is 0.459. The number of carboxylic acid groups (broad SMARTS) is 1. The minimum absolute atomic E-state index is 0.0213. The first kappa shape index (κ1) is 28.3. The van der Waals surface area contributed by atoms with Crippen LogP contribution in [0.25, 0.3) is 0 Å². The van der Waals surface area contributed by atoms with Crippen LogP contribution in [0, 0.1) is 11.7 Å². The Morgan fingerprint density at radius 3 is 2.41 bits per heavy atom. The largest absolute Gasteiger partial charge is 0.497 e. The normalized spacial score (nSPS) is 21.0. The Bertz CT molecular complexity index is 1400. The average Bonchev–Trinajstić information content (AvgIpc) is 2.96. The second kappa shape index (κ2) is 11.3. The lowest BCUT2D eigenvalue weighted by Crippen LogP contribution is -2.55. The van der Waals surface area contributed by atoms with Gasteiger partial charge in [-0.25, -0.2) is 9.38 Å². The number of ether oxygens (including phenoxy) is 2. The minimum atomic E-state index is -4.53. The third-order valence-corrected chi connectivity index (χ3v) is 7.53. The van der Waals surface area contributed by atoms with Gasteiger partial charge in [0.25, 0.3) is 0 Å². The fourth-order valence-electron chi connectivity index (χ4n) is 5.48. The van der Waals surface area contributed by atoms with Crippen LogP contribution in [0.2, 0.25) is 0 Å². The fraction of sp³-hybridized carbons (Fsp3) is 0.379. The molecule has 0 aromatic heterocycles. The number of carbonyl (C=O) groups is 1. The van der Waals surface area contributed by atoms with Gasteiger partial charge in [0.1, 0.15) is 23.0 Å². The van der Waals surface area contributed by atoms with Crippen molar-refractivity contribution in [2.24, 2.45) is 10.9 Å². The number of rotatable bonds is 6. The molecule has 1 unspecified atom stereocenters. The fourth-order valence-corrected chi connectivity index (χ4v) is 5.48. The van der Waals surface area contributed by atoms with Gasteiger partial charge < -0.3 is 29.3 Å². The van der Waals surface area contributed by atoms with Gasteiger partial charge in [-0.2, -0.15) is 13.2 Å². The molecule has 1 aliphatic carbocycles. The van der Waals surface area contributed by atoms with Gasteiger partial charge >= 0.3 is 12.1 Å². The Balaban J connectivity index is 1.57. The third-order valence-electron chi connectivity index (χ3n) is 7.53. The van der Waals surface area contributed by atoms with Crippen LogP contribution in [0.5, 0.6) is 5.75 Å². The van der Waals surface area contributed by atoms with E-state index >= 15 is 4.39 Å². The second-order valence-electron chi connectivity index (χ2n) is 9.96. The van der Waals surface area contributed by atoms with Crippen molar-refractivity contribution in [3.63, 3.8) is 0 Å². The molecule has 0 saturated carbocycles. The number of nitrogens with zero attached hydrogens (tertiary/aromatic N) is 4. The van der Waals surface area contributed by atoms with Crippen molar-refractivity contribution >= 4 is 23.3 Å². The summed E-state index contributed by atoms with van der Waals surface area (Å²) in [6.07, 6.45) is -2.93. The van der Waals surface area contributed by atoms with E-state index in [4.69, 9.17) is 9.47 Å². The topological polar surface area (TPSA) is 77.8 Å². The molecule has 3 aliphatic rings. The standard InChI is InChI=1S/C29H30F4N4O4/c1-40-20-6-3-5-19(16-20)35-11-13-36(14-12-35)28-34-27-21(7-4-8-22(27)30)23(17-26(38)39)37(28)24-15-18(29(31,32)33)9-10-25(24)41-2/h3-8,10,15-16,18,23H,9,11-14,17H2,1-2H3,(H,38,39)/t18?,23-/m0/s1. The highest BCUT2D eigenvalue weighted by Crippen LogP contribution is 2.45. The maximum Gasteiger partial charge on any atom is 0.395 e. The molecule has 5 rings (SSSR count). The number of hydrogen-bond donors (Lipinski definition) is 1. The summed E-state index contributed by atoms with van der Waals surface area (Å²) in [6, 6.07) is 10.8. The highest BCUT2D eigenvalue weighted by Gasteiger charge is 2.44. The van der Waals surface area contributed by atoms with Gasteiger partial charge in [0.15, 0.2) is 0 Å². The summed E-state index contributed by atoms with van der Waals surface area (Å²) in [6.45, 7) is 1.87. The van der Waals surface area contributed by atoms with Crippen molar-refractivity contribution in [3.05, 3.63) is 77.5 Å². The number of alkyl halides is 3. The van der Waals surface area contributed by atoms with Crippen molar-refractivity contribution in [1.82, 2.24) is 9.80 Å². The highest BCUT2D eigenvalue weighted by atomic mass is 19.4. The van der Waals surface area contributed by atoms with E-state index < -0.39 is 36.3 Å². The molecule has 2 aromatic carbocycles. The van der Waals surface area contributed by atoms with Crippen molar-refractivity contribution in [2.45, 2.75) is 25.1 Å². The van der Waals surface area contributed by atoms with E-state index in [1.807, 2.05) is 29.2 Å². The zero-order valence-corrected chi connectivity index (χ0v) is 22.6. The number of aliphatic carboxylic acids is 1. The monoisotopic (exact) mass is 574 g/mol. The molecular formula is C29H30F4N4O4. The van der Waals surface area contributed by atoms with Crippen LogP contribution in [0.15, 0.2) is 71.1 Å². The first-order valence-corrected chi connectivity index (χ1v) is 13.2. The van der Waals surface area contributed by atoms with E-state index in [-0.39, 0.29) is 35.1 Å². The number of para-hydroxylation sites is 1. The van der Waals surface area contributed by atoms with E-state index in [0.29, 0.717) is 31.9 Å². The molecule has 0 spiro atoms. The number of piperazine rings is 1. The SMILES string of the molecule is COC1=CCC(C(F)(F)F)C=C1N1C(N2CCN(c3cccc(OC)c3)CC2)=Nc2c(F)cccc2[C@@H]1CC(=O)O. The predicted molar refractivity (Wildman–Crippen MR) is 144 cm³/mol. The molecule has 2 atom stereocenters. The molecule has 2 heterocycles. The first-order valence-electron chi connectivity index (χ1n) is 13.2. The summed E-state index contributed by atoms with van der Waals surface area (Å²) in [7, 11) is 2.93. The van der Waals surface area contributed by atoms with Crippen molar-refractivity contribution < 1.29 is 36.9 Å². The number of aliphatic imine (C=N–C) groups is 1. The maximum atomic E-state index is 15.1. The van der Waals surface area contributed by atoms with E-state index in [0.717, 1.165) is 11.8 Å². The van der Waals surface area contributed by atoms with Crippen LogP contribution in [0.3, 0.4) is 0 Å². The molecule has 41 heavy (non-hydrogen) atoms. The molecule has 0 radical (unpaired) electrons. The predicted octanol–water partition coefficient (Wildman–Crippen LogP) is 5.47. The van der Waals surface area contributed by atoms with Crippen molar-refractivity contribution in [1.29, 1.82) is 0 Å². The van der Waals surface area contributed by atoms with E-state index in [9.17, 15) is 23.1 Å². The number of fused-ring (bicyclic) bond motifs is 1. The molecular weight excluding hydrogens is 544 g/mol. The van der Waals surface area contributed by atoms with Crippen LogP contribution < -0.4 is 9.64 Å². The summed E-state index contributed by atoms with van der Waals surface area (Å²) >= 11 is 0. The number of benzene rings is 2. The Hall–Kier alpha value is -4.22. The lowest BCUT2D eigenvalue weighted by molar-refractivity contribution is -0.161. The molecule has 12 heteroatoms. The average molecular weight is 575 g/mol. The van der Waals surface area contributed by atoms with Crippen LogP contribution in [-0.4, -0.2) is 73.4 Å². The van der Waals surface area contributed by atoms with Crippen molar-refractivity contribution in [3.8, 4) is 5.75 Å². The van der Waals surface area contributed by atoms with E-state index in [1.54, 1.807) is 13.2 Å². The zero-order valence-electron chi connectivity index (χ0n) is 22.6. The Morgan fingerprint density at radius 2 is 1.76 bits per heavy atom. The summed E-state index contributed by atoms with van der Waals surface area (Å²) in [5.74, 6) is -2.58. The second-order valence-corrected chi connectivity index (χ2v) is 9.96. The molecule has 0 amide bonds. The molecule has 8 nitrogen and oxygen atoms in total. The third kappa shape index (κ3) is 5.68. The van der Waals surface area contributed by atoms with Gasteiger partial charge in [0, 0.05) is 43.5 Å². The van der Waals surface area contributed by atoms with Crippen LogP contribution >= 0.6 is 0 Å². The van der Waals surface area contributed by atoms with Gasteiger partial charge in [-0.1, -0.05) is 18.2 Å². The summed E-state index contributed by atoms with van der Waals surface area (Å²) in [5.41, 5.74) is 1.25. The molecule has 0 bridgehead atoms. The van der Waals surface area contributed by atoms with Crippen LogP contribution in [0.1, 0.15) is 24.4 Å². The summed E-state index contributed by atoms with van der Waals surface area (Å²) in [4.78, 5) is 22.2. The van der Waals surface area contributed by atoms with E-state index in [1.165, 1.54) is 30.2 Å². The highest BCUT2D eigenvalue weighted by molar-refractivity contribution is 5.89. The number of halogens is 4. The Morgan fingerprint density at radius 1 is 1.05 bits per heavy atom. The molecule has 1 fully saturated rings. The summed E-state index contributed by atoms with van der Waals surface area (Å²) < 4.78 is 67.6. The molecule has 218 valence electrons. The van der Waals surface area contributed by atoms with Crippen LogP contribution in [-0.2, 0) is 9.53 Å². The lowest BCUT2D eigenvalue weighted by Gasteiger charge is -2.46. The number of methoxy groups -OCH3 is 2. The molecule has 2 aromatic rings.